The van der Waals surface area contributed by atoms with E-state index in [2.05, 4.69) is 0 Å². The highest BCUT2D eigenvalue weighted by molar-refractivity contribution is 8.23. The average Bonchev–Trinajstić information content (AvgIpc) is 2.99. The molecule has 0 fully saturated rings. The maximum absolute atomic E-state index is 15.1. The monoisotopic (exact) mass is 381 g/mol. The zero-order chi connectivity index (χ0) is 16.7. The van der Waals surface area contributed by atoms with E-state index in [1.54, 1.807) is 29.2 Å². The van der Waals surface area contributed by atoms with Crippen molar-refractivity contribution in [1.29, 1.82) is 0 Å². The predicted molar refractivity (Wildman–Crippen MR) is 104 cm³/mol. The van der Waals surface area contributed by atoms with Crippen LogP contribution in [0.1, 0.15) is 18.9 Å². The molecular formula is C18H15F2OS3+. The molecule has 0 spiro atoms. The molecule has 0 aliphatic carbocycles. The smallest absolute Gasteiger partial charge is 0.268 e. The zero-order valence-electron chi connectivity index (χ0n) is 13.0. The van der Waals surface area contributed by atoms with Gasteiger partial charge in [-0.3, -0.25) is 0 Å². The molecule has 4 rings (SSSR count). The molecule has 0 bridgehead atoms. The zero-order valence-corrected chi connectivity index (χ0v) is 15.5. The largest absolute Gasteiger partial charge is 0.491 e. The Labute approximate surface area is 151 Å². The van der Waals surface area contributed by atoms with Crippen LogP contribution in [-0.4, -0.2) is 22.3 Å². The molecule has 0 radical (unpaired) electrons. The van der Waals surface area contributed by atoms with Crippen molar-refractivity contribution in [2.75, 3.05) is 18.1 Å². The van der Waals surface area contributed by atoms with Crippen molar-refractivity contribution in [3.8, 4) is 5.75 Å². The quantitative estimate of drug-likeness (QED) is 0.442. The molecule has 1 aliphatic heterocycles. The van der Waals surface area contributed by atoms with Gasteiger partial charge in [0.15, 0.2) is 34.5 Å². The van der Waals surface area contributed by atoms with Gasteiger partial charge in [0.25, 0.3) is 4.20 Å². The van der Waals surface area contributed by atoms with Crippen LogP contribution in [0.25, 0.3) is 20.2 Å². The molecule has 3 aromatic rings. The summed E-state index contributed by atoms with van der Waals surface area (Å²) in [5.74, 6) is 1.65. The number of fused-ring (bicyclic) bond motifs is 3. The predicted octanol–water partition coefficient (Wildman–Crippen LogP) is 5.43. The van der Waals surface area contributed by atoms with Gasteiger partial charge in [-0.2, -0.15) is 0 Å². The summed E-state index contributed by atoms with van der Waals surface area (Å²) < 4.78 is 37.0. The van der Waals surface area contributed by atoms with E-state index in [0.29, 0.717) is 21.6 Å². The summed E-state index contributed by atoms with van der Waals surface area (Å²) in [6, 6.07) is 7.19. The minimum absolute atomic E-state index is 0.227. The van der Waals surface area contributed by atoms with Crippen molar-refractivity contribution in [1.82, 2.24) is 0 Å². The molecule has 1 aromatic heterocycles. The fraction of sp³-hybridized carbons (Fsp3) is 0.278. The van der Waals surface area contributed by atoms with Gasteiger partial charge in [-0.1, -0.05) is 17.8 Å². The minimum atomic E-state index is -0.398. The molecule has 2 aromatic carbocycles. The lowest BCUT2D eigenvalue weighted by molar-refractivity contribution is 0.323. The van der Waals surface area contributed by atoms with E-state index >= 15 is 4.39 Å². The Kier molecular flexibility index (Phi) is 4.45. The van der Waals surface area contributed by atoms with E-state index in [0.717, 1.165) is 32.9 Å². The first-order valence-corrected chi connectivity index (χ1v) is 10.6. The van der Waals surface area contributed by atoms with E-state index in [9.17, 15) is 4.39 Å². The van der Waals surface area contributed by atoms with E-state index < -0.39 is 5.82 Å². The summed E-state index contributed by atoms with van der Waals surface area (Å²) in [7, 11) is 0. The summed E-state index contributed by atoms with van der Waals surface area (Å²) >= 11 is 4.59. The highest BCUT2D eigenvalue weighted by Gasteiger charge is 2.25. The van der Waals surface area contributed by atoms with Crippen molar-refractivity contribution in [3.63, 3.8) is 0 Å². The minimum Gasteiger partial charge on any atom is -0.491 e. The third kappa shape index (κ3) is 2.61. The topological polar surface area (TPSA) is 9.23 Å². The molecule has 1 aliphatic rings. The first kappa shape index (κ1) is 16.2. The standard InChI is InChI=1S/C18H15F2OS3/c1-2-21-13-7-6-11-10-4-5-12(18-22-8-3-9-23-18)14(19)16(10)24-17(11)15(13)20/h4-7H,2-3,8-9H2,1H3/q+1. The van der Waals surface area contributed by atoms with Crippen molar-refractivity contribution in [2.45, 2.75) is 13.3 Å². The van der Waals surface area contributed by atoms with Crippen LogP contribution in [0.15, 0.2) is 24.3 Å². The van der Waals surface area contributed by atoms with Crippen LogP contribution in [0.4, 0.5) is 8.78 Å². The number of thioether (sulfide) groups is 1. The summed E-state index contributed by atoms with van der Waals surface area (Å²) in [5, 5.41) is 1.51. The number of ether oxygens (including phenoxy) is 1. The lowest BCUT2D eigenvalue weighted by Gasteiger charge is -2.04. The lowest BCUT2D eigenvalue weighted by atomic mass is 10.1. The van der Waals surface area contributed by atoms with Crippen LogP contribution < -0.4 is 4.74 Å². The number of halogens is 2. The van der Waals surface area contributed by atoms with E-state index in [4.69, 9.17) is 4.74 Å². The van der Waals surface area contributed by atoms with Gasteiger partial charge in [0, 0.05) is 22.9 Å². The summed E-state index contributed by atoms with van der Waals surface area (Å²) in [6.45, 7) is 2.22. The molecule has 0 saturated heterocycles. The van der Waals surface area contributed by atoms with E-state index in [1.807, 2.05) is 25.1 Å². The third-order valence-electron chi connectivity index (χ3n) is 3.93. The van der Waals surface area contributed by atoms with Crippen LogP contribution >= 0.6 is 23.1 Å². The molecule has 1 nitrogen and oxygen atoms in total. The first-order valence-electron chi connectivity index (χ1n) is 7.79. The maximum Gasteiger partial charge on any atom is 0.268 e. The van der Waals surface area contributed by atoms with Crippen molar-refractivity contribution < 1.29 is 13.5 Å². The Morgan fingerprint density at radius 1 is 1.08 bits per heavy atom. The average molecular weight is 382 g/mol. The number of thiophene rings is 1. The summed E-state index contributed by atoms with van der Waals surface area (Å²) in [4.78, 5) is 0. The third-order valence-corrected chi connectivity index (χ3v) is 7.79. The Morgan fingerprint density at radius 3 is 2.54 bits per heavy atom. The van der Waals surface area contributed by atoms with Crippen LogP contribution in [0.2, 0.25) is 0 Å². The molecule has 0 saturated carbocycles. The number of rotatable bonds is 3. The fourth-order valence-corrected chi connectivity index (χ4v) is 6.59. The van der Waals surface area contributed by atoms with E-state index in [1.165, 1.54) is 11.3 Å². The van der Waals surface area contributed by atoms with Crippen LogP contribution in [0, 0.1) is 11.6 Å². The molecule has 124 valence electrons. The molecule has 0 amide bonds. The Balaban J connectivity index is 1.94. The van der Waals surface area contributed by atoms with Crippen molar-refractivity contribution >= 4 is 58.8 Å². The highest BCUT2D eigenvalue weighted by atomic mass is 32.2. The molecule has 6 heteroatoms. The van der Waals surface area contributed by atoms with Gasteiger partial charge in [-0.25, -0.2) is 8.78 Å². The Hall–Kier alpha value is -1.24. The van der Waals surface area contributed by atoms with Gasteiger partial charge in [0.1, 0.15) is 0 Å². The lowest BCUT2D eigenvalue weighted by Crippen LogP contribution is -2.08. The normalized spacial score (nSPS) is 15.0. The van der Waals surface area contributed by atoms with Gasteiger partial charge in [-0.15, -0.1) is 11.3 Å². The Morgan fingerprint density at radius 2 is 1.83 bits per heavy atom. The second-order valence-electron chi connectivity index (χ2n) is 5.43. The number of benzene rings is 2. The second kappa shape index (κ2) is 6.58. The van der Waals surface area contributed by atoms with Gasteiger partial charge in [0.05, 0.1) is 21.6 Å². The molecule has 24 heavy (non-hydrogen) atoms. The molecular weight excluding hydrogens is 366 g/mol. The first-order chi connectivity index (χ1) is 11.7. The van der Waals surface area contributed by atoms with Crippen molar-refractivity contribution in [3.05, 3.63) is 41.5 Å². The summed E-state index contributed by atoms with van der Waals surface area (Å²) in [5.41, 5.74) is 0.647. The maximum atomic E-state index is 15.1. The molecule has 0 atom stereocenters. The molecule has 2 heterocycles. The van der Waals surface area contributed by atoms with E-state index in [-0.39, 0.29) is 11.6 Å². The SMILES string of the molecule is CCOc1ccc2c(sc3c(F)c(C4=[S+]CCCS4)ccc32)c1F. The highest BCUT2D eigenvalue weighted by Crippen LogP contribution is 2.40. The van der Waals surface area contributed by atoms with Gasteiger partial charge < -0.3 is 4.74 Å². The van der Waals surface area contributed by atoms with Crippen LogP contribution in [0.5, 0.6) is 5.75 Å². The molecule has 0 N–H and O–H groups in total. The van der Waals surface area contributed by atoms with Crippen molar-refractivity contribution in [2.24, 2.45) is 0 Å². The van der Waals surface area contributed by atoms with Gasteiger partial charge in [-0.05, 0) is 25.1 Å². The Bertz CT molecular complexity index is 962. The van der Waals surface area contributed by atoms with Gasteiger partial charge >= 0.3 is 0 Å². The fourth-order valence-electron chi connectivity index (χ4n) is 2.83. The van der Waals surface area contributed by atoms with Crippen LogP contribution in [-0.2, 0) is 11.4 Å². The second-order valence-corrected chi connectivity index (χ2v) is 8.92. The van der Waals surface area contributed by atoms with Crippen LogP contribution in [0.3, 0.4) is 0 Å². The summed E-state index contributed by atoms with van der Waals surface area (Å²) in [6.07, 6.45) is 1.15. The number of hydrogen-bond donors (Lipinski definition) is 0. The number of hydrogen-bond acceptors (Lipinski definition) is 3. The van der Waals surface area contributed by atoms with Gasteiger partial charge in [0.2, 0.25) is 0 Å². The molecule has 0 unspecified atom stereocenters.